The molecule has 0 unspecified atom stereocenters. The Balaban J connectivity index is 1.38. The Labute approximate surface area is 254 Å². The maximum absolute atomic E-state index is 13.0. The third kappa shape index (κ3) is 5.17. The van der Waals surface area contributed by atoms with Gasteiger partial charge in [0.05, 0.1) is 17.2 Å². The lowest BCUT2D eigenvalue weighted by Gasteiger charge is -2.45. The van der Waals surface area contributed by atoms with E-state index in [4.69, 9.17) is 14.0 Å². The number of carbonyl (C=O) groups is 2. The molecule has 1 fully saturated rings. The van der Waals surface area contributed by atoms with Crippen LogP contribution in [0, 0.1) is 0 Å². The Morgan fingerprint density at radius 3 is 1.89 bits per heavy atom. The van der Waals surface area contributed by atoms with Crippen LogP contribution in [-0.4, -0.2) is 53.6 Å². The lowest BCUT2D eigenvalue weighted by atomic mass is 10.1. The third-order valence-electron chi connectivity index (χ3n) is 8.21. The fraction of sp³-hybridized carbons (Fsp3) is 0.273. The number of carbonyl (C=O) groups excluding carboxylic acids is 2. The van der Waals surface area contributed by atoms with Crippen molar-refractivity contribution in [2.75, 3.05) is 6.61 Å². The molecule has 2 aliphatic heterocycles. The number of rotatable bonds is 8. The van der Waals surface area contributed by atoms with Gasteiger partial charge in [0.15, 0.2) is 0 Å². The average Bonchev–Trinajstić information content (AvgIpc) is 3.52. The first kappa shape index (κ1) is 29.6. The van der Waals surface area contributed by atoms with E-state index in [0.29, 0.717) is 0 Å². The molecule has 3 atom stereocenters. The minimum absolute atomic E-state index is 0.192. The van der Waals surface area contributed by atoms with E-state index < -0.39 is 49.8 Å². The monoisotopic (exact) mass is 611 g/mol. The molecule has 0 aliphatic carbocycles. The molecule has 3 aromatic carbocycles. The van der Waals surface area contributed by atoms with Crippen LogP contribution in [0.2, 0.25) is 5.04 Å². The van der Waals surface area contributed by atoms with Gasteiger partial charge in [0.25, 0.3) is 25.7 Å². The number of imide groups is 1. The first-order chi connectivity index (χ1) is 21.1. The molecule has 0 saturated carbocycles. The van der Waals surface area contributed by atoms with Crippen LogP contribution in [0.4, 0.5) is 0 Å². The van der Waals surface area contributed by atoms with Crippen LogP contribution in [0.1, 0.15) is 54.1 Å². The summed E-state index contributed by atoms with van der Waals surface area (Å²) < 4.78 is 15.0. The van der Waals surface area contributed by atoms with Crippen molar-refractivity contribution in [2.45, 2.75) is 50.7 Å². The number of amides is 2. The van der Waals surface area contributed by atoms with Gasteiger partial charge in [-0.15, -0.1) is 5.06 Å². The summed E-state index contributed by atoms with van der Waals surface area (Å²) in [5, 5.41) is 2.52. The zero-order valence-electron chi connectivity index (χ0n) is 24.6. The van der Waals surface area contributed by atoms with Crippen molar-refractivity contribution in [3.63, 3.8) is 0 Å². The fourth-order valence-corrected chi connectivity index (χ4v) is 10.9. The highest BCUT2D eigenvalue weighted by Gasteiger charge is 2.54. The molecule has 44 heavy (non-hydrogen) atoms. The van der Waals surface area contributed by atoms with Crippen LogP contribution in [-0.2, 0) is 14.0 Å². The predicted molar refractivity (Wildman–Crippen MR) is 165 cm³/mol. The maximum Gasteiger partial charge on any atom is 0.330 e. The van der Waals surface area contributed by atoms with Gasteiger partial charge >= 0.3 is 5.69 Å². The van der Waals surface area contributed by atoms with Gasteiger partial charge in [-0.2, -0.15) is 0 Å². The van der Waals surface area contributed by atoms with Crippen LogP contribution in [0.5, 0.6) is 0 Å². The summed E-state index contributed by atoms with van der Waals surface area (Å²) in [6, 6.07) is 28.0. The van der Waals surface area contributed by atoms with Crippen molar-refractivity contribution >= 4 is 30.5 Å². The Hall–Kier alpha value is -4.42. The summed E-state index contributed by atoms with van der Waals surface area (Å²) in [7, 11) is -3.08. The van der Waals surface area contributed by atoms with Gasteiger partial charge in [-0.3, -0.25) is 28.8 Å². The van der Waals surface area contributed by atoms with Crippen LogP contribution in [0.3, 0.4) is 0 Å². The third-order valence-corrected chi connectivity index (χ3v) is 13.3. The van der Waals surface area contributed by atoms with E-state index in [-0.39, 0.29) is 29.2 Å². The highest BCUT2D eigenvalue weighted by Crippen LogP contribution is 2.41. The number of H-pyrrole nitrogens is 1. The second-order valence-corrected chi connectivity index (χ2v) is 16.2. The zero-order chi connectivity index (χ0) is 31.1. The van der Waals surface area contributed by atoms with E-state index in [9.17, 15) is 19.2 Å². The molecule has 0 bridgehead atoms. The molecule has 10 nitrogen and oxygen atoms in total. The summed E-state index contributed by atoms with van der Waals surface area (Å²) in [5.41, 5.74) is -0.603. The second-order valence-electron chi connectivity index (χ2n) is 11.9. The molecular formula is C33H33N3O7Si. The fourth-order valence-electron chi connectivity index (χ4n) is 6.15. The molecule has 1 aromatic heterocycles. The summed E-state index contributed by atoms with van der Waals surface area (Å²) in [4.78, 5) is 58.7. The number of aromatic nitrogens is 2. The van der Waals surface area contributed by atoms with Crippen molar-refractivity contribution in [3.05, 3.63) is 129 Å². The average molecular weight is 612 g/mol. The minimum atomic E-state index is -3.08. The van der Waals surface area contributed by atoms with Crippen molar-refractivity contribution in [1.29, 1.82) is 0 Å². The molecule has 0 spiro atoms. The normalized spacial score (nSPS) is 20.2. The highest BCUT2D eigenvalue weighted by molar-refractivity contribution is 6.99. The largest absolute Gasteiger partial charge is 0.402 e. The van der Waals surface area contributed by atoms with Crippen LogP contribution >= 0.6 is 0 Å². The number of hydrogen-bond acceptors (Lipinski definition) is 7. The summed E-state index contributed by atoms with van der Waals surface area (Å²) in [6.07, 6.45) is -0.533. The number of aromatic amines is 1. The molecular weight excluding hydrogens is 578 g/mol. The Bertz CT molecular complexity index is 1730. The maximum atomic E-state index is 13.0. The van der Waals surface area contributed by atoms with Gasteiger partial charge in [0.1, 0.15) is 18.9 Å². The number of hydroxylamine groups is 2. The molecule has 2 amide bonds. The van der Waals surface area contributed by atoms with Crippen molar-refractivity contribution in [1.82, 2.24) is 14.6 Å². The second kappa shape index (κ2) is 11.6. The number of ether oxygens (including phenoxy) is 1. The predicted octanol–water partition coefficient (Wildman–Crippen LogP) is 3.00. The number of nitrogens with zero attached hydrogens (tertiary/aromatic N) is 2. The number of hydrogen-bond donors (Lipinski definition) is 1. The van der Waals surface area contributed by atoms with Crippen molar-refractivity contribution in [3.8, 4) is 0 Å². The SMILES string of the molecule is CC(C)(C)[Si](O[C@H]1C[C@H](n2ccc(=O)[nH]c2=O)O[C@@H]1CON1C(=O)c2ccccc2C1=O)(c1ccccc1)c1ccccc1. The highest BCUT2D eigenvalue weighted by atomic mass is 28.4. The van der Waals surface area contributed by atoms with Gasteiger partial charge in [-0.05, 0) is 27.5 Å². The van der Waals surface area contributed by atoms with Crippen LogP contribution in [0.15, 0.2) is 107 Å². The van der Waals surface area contributed by atoms with E-state index in [1.165, 1.54) is 16.8 Å². The first-order valence-electron chi connectivity index (χ1n) is 14.5. The van der Waals surface area contributed by atoms with Gasteiger partial charge < -0.3 is 9.16 Å². The van der Waals surface area contributed by atoms with Crippen molar-refractivity contribution < 1.29 is 23.6 Å². The van der Waals surface area contributed by atoms with E-state index in [1.807, 2.05) is 36.4 Å². The Morgan fingerprint density at radius 1 is 0.818 bits per heavy atom. The van der Waals surface area contributed by atoms with Crippen LogP contribution < -0.4 is 21.6 Å². The molecule has 2 aliphatic rings. The van der Waals surface area contributed by atoms with Gasteiger partial charge in [-0.1, -0.05) is 93.6 Å². The molecule has 11 heteroatoms. The molecule has 226 valence electrons. The number of fused-ring (bicyclic) bond motifs is 1. The summed E-state index contributed by atoms with van der Waals surface area (Å²) in [5.74, 6) is -1.11. The molecule has 6 rings (SSSR count). The smallest absolute Gasteiger partial charge is 0.330 e. The number of nitrogens with one attached hydrogen (secondary N) is 1. The summed E-state index contributed by atoms with van der Waals surface area (Å²) in [6.45, 7) is 6.28. The van der Waals surface area contributed by atoms with Crippen molar-refractivity contribution in [2.24, 2.45) is 0 Å². The van der Waals surface area contributed by atoms with Gasteiger partial charge in [0.2, 0.25) is 0 Å². The summed E-state index contributed by atoms with van der Waals surface area (Å²) >= 11 is 0. The molecule has 4 aromatic rings. The van der Waals surface area contributed by atoms with Crippen LogP contribution in [0.25, 0.3) is 0 Å². The Morgan fingerprint density at radius 2 is 1.36 bits per heavy atom. The van der Waals surface area contributed by atoms with E-state index in [1.54, 1.807) is 24.3 Å². The lowest BCUT2D eigenvalue weighted by Crippen LogP contribution is -2.68. The molecule has 0 radical (unpaired) electrons. The standard InChI is InChI=1S/C33H33N3O7Si/c1-33(2,3)44(22-12-6-4-7-13-22,23-14-8-5-9-15-23)43-26-20-29(35-19-18-28(37)34-32(35)40)42-27(26)21-41-36-30(38)24-16-10-11-17-25(24)31(36)39/h4-19,26-27,29H,20-21H2,1-3H3,(H,34,37,40)/t26-,27+,29+/m0/s1. The number of benzene rings is 3. The van der Waals surface area contributed by atoms with E-state index in [2.05, 4.69) is 50.0 Å². The lowest BCUT2D eigenvalue weighted by molar-refractivity contribution is -0.139. The molecule has 3 heterocycles. The molecule has 1 N–H and O–H groups in total. The van der Waals surface area contributed by atoms with Gasteiger partial charge in [-0.25, -0.2) is 4.79 Å². The minimum Gasteiger partial charge on any atom is -0.402 e. The van der Waals surface area contributed by atoms with E-state index in [0.717, 1.165) is 15.4 Å². The quantitative estimate of drug-likeness (QED) is 0.240. The van der Waals surface area contributed by atoms with E-state index >= 15 is 0 Å². The Kier molecular flexibility index (Phi) is 7.80. The van der Waals surface area contributed by atoms with Gasteiger partial charge in [0, 0.05) is 18.7 Å². The molecule has 1 saturated heterocycles. The first-order valence-corrected chi connectivity index (χ1v) is 16.4. The topological polar surface area (TPSA) is 120 Å². The zero-order valence-corrected chi connectivity index (χ0v) is 25.6.